The van der Waals surface area contributed by atoms with E-state index in [1.165, 1.54) is 17.1 Å². The van der Waals surface area contributed by atoms with Gasteiger partial charge in [-0.1, -0.05) is 0 Å². The smallest absolute Gasteiger partial charge is 0.306 e. The maximum Gasteiger partial charge on any atom is 0.306 e. The molecular weight excluding hydrogens is 256 g/mol. The summed E-state index contributed by atoms with van der Waals surface area (Å²) >= 11 is 1.57. The molecule has 0 aromatic carbocycles. The first-order valence-electron chi connectivity index (χ1n) is 5.26. The predicted molar refractivity (Wildman–Crippen MR) is 67.7 cm³/mol. The molecule has 0 aliphatic heterocycles. The molecule has 96 valence electrons. The Hall–Kier alpha value is -1.93. The summed E-state index contributed by atoms with van der Waals surface area (Å²) in [7, 11) is 0. The molecule has 0 radical (unpaired) electrons. The molecule has 0 spiro atoms. The predicted octanol–water partition coefficient (Wildman–Crippen LogP) is 1.33. The summed E-state index contributed by atoms with van der Waals surface area (Å²) in [5, 5.41) is 31.0. The van der Waals surface area contributed by atoms with E-state index in [4.69, 9.17) is 0 Å². The highest BCUT2D eigenvalue weighted by Crippen LogP contribution is 2.12. The SMILES string of the molecule is O=[N+]([O-])c1cnn(CC(O)CNc2ccsc2)c1. The summed E-state index contributed by atoms with van der Waals surface area (Å²) < 4.78 is 1.36. The van der Waals surface area contributed by atoms with E-state index in [0.717, 1.165) is 5.69 Å². The van der Waals surface area contributed by atoms with Crippen molar-refractivity contribution < 1.29 is 10.0 Å². The Morgan fingerprint density at radius 3 is 3.11 bits per heavy atom. The summed E-state index contributed by atoms with van der Waals surface area (Å²) in [5.41, 5.74) is 0.874. The number of nitro groups is 1. The van der Waals surface area contributed by atoms with Gasteiger partial charge in [-0.2, -0.15) is 16.4 Å². The lowest BCUT2D eigenvalue weighted by atomic mass is 10.3. The molecule has 1 atom stereocenters. The fraction of sp³-hybridized carbons (Fsp3) is 0.300. The zero-order valence-electron chi connectivity index (χ0n) is 9.39. The van der Waals surface area contributed by atoms with Crippen LogP contribution in [-0.4, -0.2) is 32.5 Å². The third-order valence-corrected chi connectivity index (χ3v) is 2.97. The third kappa shape index (κ3) is 3.28. The largest absolute Gasteiger partial charge is 0.389 e. The molecule has 0 aliphatic carbocycles. The van der Waals surface area contributed by atoms with Crippen molar-refractivity contribution in [2.24, 2.45) is 0 Å². The Balaban J connectivity index is 1.82. The van der Waals surface area contributed by atoms with Gasteiger partial charge in [0.1, 0.15) is 12.4 Å². The number of rotatable bonds is 6. The number of aliphatic hydroxyl groups is 1. The molecule has 7 nitrogen and oxygen atoms in total. The van der Waals surface area contributed by atoms with Gasteiger partial charge < -0.3 is 10.4 Å². The first-order valence-corrected chi connectivity index (χ1v) is 6.20. The number of nitrogens with one attached hydrogen (secondary N) is 1. The van der Waals surface area contributed by atoms with Gasteiger partial charge in [0.25, 0.3) is 0 Å². The molecular formula is C10H12N4O3S. The number of anilines is 1. The van der Waals surface area contributed by atoms with Crippen molar-refractivity contribution in [3.05, 3.63) is 39.3 Å². The van der Waals surface area contributed by atoms with Crippen LogP contribution < -0.4 is 5.32 Å². The van der Waals surface area contributed by atoms with Crippen molar-refractivity contribution in [3.8, 4) is 0 Å². The molecule has 2 rings (SSSR count). The molecule has 2 aromatic rings. The second kappa shape index (κ2) is 5.61. The Bertz CT molecular complexity index is 511. The van der Waals surface area contributed by atoms with Gasteiger partial charge in [0.15, 0.2) is 0 Å². The molecule has 0 saturated heterocycles. The molecule has 0 amide bonds. The van der Waals surface area contributed by atoms with Gasteiger partial charge in [-0.05, 0) is 11.4 Å². The number of thiophene rings is 1. The van der Waals surface area contributed by atoms with E-state index in [1.807, 2.05) is 16.8 Å². The zero-order chi connectivity index (χ0) is 13.0. The summed E-state index contributed by atoms with van der Waals surface area (Å²) in [6.07, 6.45) is 1.80. The zero-order valence-corrected chi connectivity index (χ0v) is 10.2. The van der Waals surface area contributed by atoms with E-state index in [9.17, 15) is 15.2 Å². The highest BCUT2D eigenvalue weighted by molar-refractivity contribution is 7.08. The fourth-order valence-corrected chi connectivity index (χ4v) is 2.04. The average molecular weight is 268 g/mol. The standard InChI is InChI=1S/C10H12N4O3S/c15-10(4-11-8-1-2-18-7-8)6-13-5-9(3-12-13)14(16)17/h1-3,5,7,10-11,15H,4,6H2. The van der Waals surface area contributed by atoms with Crippen LogP contribution in [0.4, 0.5) is 11.4 Å². The molecule has 0 bridgehead atoms. The van der Waals surface area contributed by atoms with Crippen molar-refractivity contribution in [2.75, 3.05) is 11.9 Å². The second-order valence-corrected chi connectivity index (χ2v) is 4.50. The minimum absolute atomic E-state index is 0.0759. The first kappa shape index (κ1) is 12.5. The molecule has 2 N–H and O–H groups in total. The van der Waals surface area contributed by atoms with Crippen LogP contribution in [0.5, 0.6) is 0 Å². The van der Waals surface area contributed by atoms with E-state index in [-0.39, 0.29) is 12.2 Å². The number of nitrogens with zero attached hydrogens (tertiary/aromatic N) is 3. The number of aliphatic hydroxyl groups excluding tert-OH is 1. The van der Waals surface area contributed by atoms with Crippen LogP contribution >= 0.6 is 11.3 Å². The van der Waals surface area contributed by atoms with Crippen LogP contribution in [-0.2, 0) is 6.54 Å². The van der Waals surface area contributed by atoms with E-state index >= 15 is 0 Å². The van der Waals surface area contributed by atoms with Crippen molar-refractivity contribution in [3.63, 3.8) is 0 Å². The average Bonchev–Trinajstić information content (AvgIpc) is 2.96. The Morgan fingerprint density at radius 1 is 1.67 bits per heavy atom. The van der Waals surface area contributed by atoms with Gasteiger partial charge in [-0.15, -0.1) is 0 Å². The first-order chi connectivity index (χ1) is 8.65. The van der Waals surface area contributed by atoms with Gasteiger partial charge in [0.2, 0.25) is 0 Å². The van der Waals surface area contributed by atoms with Crippen molar-refractivity contribution in [1.82, 2.24) is 9.78 Å². The van der Waals surface area contributed by atoms with Gasteiger partial charge >= 0.3 is 5.69 Å². The van der Waals surface area contributed by atoms with Crippen LogP contribution in [0.2, 0.25) is 0 Å². The lowest BCUT2D eigenvalue weighted by Crippen LogP contribution is -2.24. The van der Waals surface area contributed by atoms with Crippen LogP contribution in [0.1, 0.15) is 0 Å². The fourth-order valence-electron chi connectivity index (χ4n) is 1.43. The Labute approximate surface area is 107 Å². The topological polar surface area (TPSA) is 93.2 Å². The van der Waals surface area contributed by atoms with Crippen LogP contribution in [0.3, 0.4) is 0 Å². The Kier molecular flexibility index (Phi) is 3.90. The highest BCUT2D eigenvalue weighted by atomic mass is 32.1. The third-order valence-electron chi connectivity index (χ3n) is 2.29. The molecule has 18 heavy (non-hydrogen) atoms. The Morgan fingerprint density at radius 2 is 2.50 bits per heavy atom. The highest BCUT2D eigenvalue weighted by Gasteiger charge is 2.11. The van der Waals surface area contributed by atoms with Crippen molar-refractivity contribution >= 4 is 22.7 Å². The van der Waals surface area contributed by atoms with Gasteiger partial charge in [0.05, 0.1) is 17.6 Å². The van der Waals surface area contributed by atoms with Crippen molar-refractivity contribution in [2.45, 2.75) is 12.6 Å². The minimum atomic E-state index is -0.663. The van der Waals surface area contributed by atoms with Gasteiger partial charge in [-0.25, -0.2) is 0 Å². The van der Waals surface area contributed by atoms with E-state index in [1.54, 1.807) is 11.3 Å². The molecule has 2 heterocycles. The maximum absolute atomic E-state index is 10.5. The van der Waals surface area contributed by atoms with E-state index in [2.05, 4.69) is 10.4 Å². The van der Waals surface area contributed by atoms with E-state index in [0.29, 0.717) is 6.54 Å². The lowest BCUT2D eigenvalue weighted by Gasteiger charge is -2.11. The summed E-state index contributed by atoms with van der Waals surface area (Å²) in [6.45, 7) is 0.579. The monoisotopic (exact) mass is 268 g/mol. The lowest BCUT2D eigenvalue weighted by molar-refractivity contribution is -0.385. The summed E-state index contributed by atoms with van der Waals surface area (Å²) in [4.78, 5) is 9.95. The van der Waals surface area contributed by atoms with Crippen LogP contribution in [0.15, 0.2) is 29.2 Å². The molecule has 0 fully saturated rings. The summed E-state index contributed by atoms with van der Waals surface area (Å²) in [5.74, 6) is 0. The normalized spacial score (nSPS) is 12.3. The van der Waals surface area contributed by atoms with E-state index < -0.39 is 11.0 Å². The number of hydrogen-bond acceptors (Lipinski definition) is 6. The molecule has 2 aromatic heterocycles. The molecule has 0 saturated carbocycles. The quantitative estimate of drug-likeness (QED) is 0.609. The van der Waals surface area contributed by atoms with Crippen LogP contribution in [0.25, 0.3) is 0 Å². The minimum Gasteiger partial charge on any atom is -0.389 e. The van der Waals surface area contributed by atoms with Gasteiger partial charge in [0, 0.05) is 17.6 Å². The van der Waals surface area contributed by atoms with Gasteiger partial charge in [-0.3, -0.25) is 14.8 Å². The molecule has 0 aliphatic rings. The second-order valence-electron chi connectivity index (χ2n) is 3.72. The van der Waals surface area contributed by atoms with Crippen LogP contribution in [0, 0.1) is 10.1 Å². The molecule has 8 heteroatoms. The maximum atomic E-state index is 10.5. The van der Waals surface area contributed by atoms with Crippen molar-refractivity contribution in [1.29, 1.82) is 0 Å². The number of aromatic nitrogens is 2. The molecule has 1 unspecified atom stereocenters. The number of hydrogen-bond donors (Lipinski definition) is 2. The summed E-state index contributed by atoms with van der Waals surface area (Å²) in [6, 6.07) is 1.91.